The van der Waals surface area contributed by atoms with Crippen molar-refractivity contribution in [2.24, 2.45) is 5.73 Å². The van der Waals surface area contributed by atoms with Gasteiger partial charge in [0.1, 0.15) is 11.9 Å². The summed E-state index contributed by atoms with van der Waals surface area (Å²) < 4.78 is 4.52. The molecule has 9 heteroatoms. The van der Waals surface area contributed by atoms with Gasteiger partial charge in [-0.05, 0) is 12.1 Å². The lowest BCUT2D eigenvalue weighted by Gasteiger charge is -2.07. The third-order valence-corrected chi connectivity index (χ3v) is 1.81. The molecule has 7 N–H and O–H groups in total. The fourth-order valence-corrected chi connectivity index (χ4v) is 0.944. The zero-order valence-corrected chi connectivity index (χ0v) is 10.0. The highest BCUT2D eigenvalue weighted by Gasteiger charge is 2.15. The van der Waals surface area contributed by atoms with E-state index in [1.807, 2.05) is 0 Å². The number of amides is 1. The van der Waals surface area contributed by atoms with Crippen LogP contribution in [0.4, 0.5) is 0 Å². The fraction of sp³-hybridized carbons (Fsp3) is 0.300. The molecule has 0 aliphatic rings. The number of para-hydroxylation sites is 1. The molecule has 1 aromatic carbocycles. The number of nitrogens with two attached hydrogens (primary N) is 1. The molecule has 0 radical (unpaired) electrons. The SMILES string of the molecule is NC(=O)c1ccccc1OB(O)O.OCC(O)CO. The largest absolute Gasteiger partial charge is 0.707 e. The van der Waals surface area contributed by atoms with Crippen LogP contribution < -0.4 is 10.4 Å². The predicted octanol–water partition coefficient (Wildman–Crippen LogP) is -2.53. The van der Waals surface area contributed by atoms with Gasteiger partial charge in [0, 0.05) is 0 Å². The van der Waals surface area contributed by atoms with E-state index < -0.39 is 19.3 Å². The van der Waals surface area contributed by atoms with Crippen molar-refractivity contribution in [2.75, 3.05) is 13.2 Å². The Hall–Kier alpha value is -1.65. The number of benzene rings is 1. The first kappa shape index (κ1) is 17.4. The van der Waals surface area contributed by atoms with Crippen LogP contribution in [-0.2, 0) is 0 Å². The van der Waals surface area contributed by atoms with Crippen molar-refractivity contribution in [3.63, 3.8) is 0 Å². The maximum absolute atomic E-state index is 10.8. The number of aliphatic hydroxyl groups is 3. The lowest BCUT2D eigenvalue weighted by molar-refractivity contribution is 0.0450. The third kappa shape index (κ3) is 7.39. The van der Waals surface area contributed by atoms with Crippen molar-refractivity contribution in [1.82, 2.24) is 0 Å². The monoisotopic (exact) mass is 273 g/mol. The molecule has 0 unspecified atom stereocenters. The Balaban J connectivity index is 0.000000459. The van der Waals surface area contributed by atoms with Crippen LogP contribution in [0.25, 0.3) is 0 Å². The second-order valence-corrected chi connectivity index (χ2v) is 3.32. The Morgan fingerprint density at radius 2 is 1.79 bits per heavy atom. The van der Waals surface area contributed by atoms with E-state index in [-0.39, 0.29) is 24.5 Å². The first-order chi connectivity index (χ1) is 8.92. The van der Waals surface area contributed by atoms with Gasteiger partial charge >= 0.3 is 7.32 Å². The highest BCUT2D eigenvalue weighted by Crippen LogP contribution is 2.16. The fourth-order valence-electron chi connectivity index (χ4n) is 0.944. The molecule has 0 spiro atoms. The predicted molar refractivity (Wildman–Crippen MR) is 66.0 cm³/mol. The number of primary amides is 1. The Bertz CT molecular complexity index is 384. The highest BCUT2D eigenvalue weighted by molar-refractivity contribution is 6.34. The summed E-state index contributed by atoms with van der Waals surface area (Å²) in [6, 6.07) is 6.03. The van der Waals surface area contributed by atoms with Gasteiger partial charge in [-0.3, -0.25) is 4.79 Å². The average Bonchev–Trinajstić information content (AvgIpc) is 2.38. The minimum Gasteiger partial charge on any atom is -0.511 e. The van der Waals surface area contributed by atoms with Gasteiger partial charge in [-0.2, -0.15) is 0 Å². The van der Waals surface area contributed by atoms with E-state index in [4.69, 9.17) is 31.1 Å². The van der Waals surface area contributed by atoms with E-state index in [0.29, 0.717) is 0 Å². The van der Waals surface area contributed by atoms with Gasteiger partial charge in [-0.15, -0.1) is 0 Å². The van der Waals surface area contributed by atoms with Gasteiger partial charge < -0.3 is 35.8 Å². The van der Waals surface area contributed by atoms with Crippen molar-refractivity contribution in [1.29, 1.82) is 0 Å². The molecule has 0 bridgehead atoms. The van der Waals surface area contributed by atoms with Crippen LogP contribution in [0, 0.1) is 0 Å². The van der Waals surface area contributed by atoms with E-state index in [1.54, 1.807) is 12.1 Å². The summed E-state index contributed by atoms with van der Waals surface area (Å²) in [5.74, 6) is -0.638. The zero-order valence-electron chi connectivity index (χ0n) is 10.0. The second kappa shape index (κ2) is 9.31. The Kier molecular flexibility index (Phi) is 8.50. The minimum absolute atomic E-state index is 0.0463. The number of rotatable bonds is 5. The normalized spacial score (nSPS) is 9.58. The molecule has 0 aliphatic carbocycles. The maximum atomic E-state index is 10.8. The quantitative estimate of drug-likeness (QED) is 0.323. The molecular weight excluding hydrogens is 257 g/mol. The van der Waals surface area contributed by atoms with Crippen molar-refractivity contribution >= 4 is 13.2 Å². The van der Waals surface area contributed by atoms with Gasteiger partial charge in [-0.25, -0.2) is 0 Å². The topological polar surface area (TPSA) is 153 Å². The molecule has 0 heterocycles. The summed E-state index contributed by atoms with van der Waals surface area (Å²) in [7, 11) is -1.96. The van der Waals surface area contributed by atoms with E-state index >= 15 is 0 Å². The summed E-state index contributed by atoms with van der Waals surface area (Å²) >= 11 is 0. The summed E-state index contributed by atoms with van der Waals surface area (Å²) in [4.78, 5) is 10.8. The molecule has 1 rings (SSSR count). The van der Waals surface area contributed by atoms with Crippen LogP contribution in [0.5, 0.6) is 5.75 Å². The van der Waals surface area contributed by atoms with Crippen molar-refractivity contribution in [2.45, 2.75) is 6.10 Å². The molecule has 0 saturated carbocycles. The summed E-state index contributed by atoms with van der Waals surface area (Å²) in [5.41, 5.74) is 5.12. The van der Waals surface area contributed by atoms with E-state index in [0.717, 1.165) is 0 Å². The molecule has 1 aromatic rings. The molecule has 0 aromatic heterocycles. The standard InChI is InChI=1S/C7H8BNO4.C3H8O3/c9-7(10)5-3-1-2-4-6(5)13-8(11)12;4-1-3(6)2-5/h1-4,11-12H,(H2,9,10);3-6H,1-2H2. The molecule has 0 atom stereocenters. The van der Waals surface area contributed by atoms with Crippen LogP contribution in [0.15, 0.2) is 24.3 Å². The number of carbonyl (C=O) groups is 1. The molecule has 19 heavy (non-hydrogen) atoms. The minimum atomic E-state index is -1.96. The van der Waals surface area contributed by atoms with E-state index in [2.05, 4.69) is 4.65 Å². The van der Waals surface area contributed by atoms with Crippen molar-refractivity contribution in [3.8, 4) is 5.75 Å². The lowest BCUT2D eigenvalue weighted by Crippen LogP contribution is -2.23. The molecule has 1 amide bonds. The molecule has 106 valence electrons. The van der Waals surface area contributed by atoms with Crippen LogP contribution >= 0.6 is 0 Å². The number of aliphatic hydroxyl groups excluding tert-OH is 3. The summed E-state index contributed by atoms with van der Waals surface area (Å²) in [5, 5.41) is 41.0. The van der Waals surface area contributed by atoms with Gasteiger partial charge in [0.2, 0.25) is 0 Å². The second-order valence-electron chi connectivity index (χ2n) is 3.32. The Morgan fingerprint density at radius 1 is 1.26 bits per heavy atom. The number of hydrogen-bond acceptors (Lipinski definition) is 7. The highest BCUT2D eigenvalue weighted by atomic mass is 16.6. The van der Waals surface area contributed by atoms with Crippen molar-refractivity contribution in [3.05, 3.63) is 29.8 Å². The molecule has 0 fully saturated rings. The maximum Gasteiger partial charge on any atom is 0.707 e. The number of hydrogen-bond donors (Lipinski definition) is 6. The van der Waals surface area contributed by atoms with Gasteiger partial charge in [0.05, 0.1) is 18.8 Å². The van der Waals surface area contributed by atoms with Crippen LogP contribution in [0.1, 0.15) is 10.4 Å². The van der Waals surface area contributed by atoms with Gasteiger partial charge in [0.15, 0.2) is 0 Å². The molecule has 0 saturated heterocycles. The van der Waals surface area contributed by atoms with E-state index in [9.17, 15) is 4.79 Å². The Morgan fingerprint density at radius 3 is 2.16 bits per heavy atom. The first-order valence-electron chi connectivity index (χ1n) is 5.23. The Labute approximate surface area is 109 Å². The van der Waals surface area contributed by atoms with Crippen LogP contribution in [-0.4, -0.2) is 57.9 Å². The third-order valence-electron chi connectivity index (χ3n) is 1.81. The summed E-state index contributed by atoms with van der Waals surface area (Å²) in [6.45, 7) is -0.729. The van der Waals surface area contributed by atoms with Crippen LogP contribution in [0.3, 0.4) is 0 Å². The zero-order chi connectivity index (χ0) is 14.8. The lowest BCUT2D eigenvalue weighted by atomic mass is 10.1. The summed E-state index contributed by atoms with van der Waals surface area (Å²) in [6.07, 6.45) is -0.954. The van der Waals surface area contributed by atoms with Crippen LogP contribution in [0.2, 0.25) is 0 Å². The van der Waals surface area contributed by atoms with E-state index in [1.165, 1.54) is 12.1 Å². The smallest absolute Gasteiger partial charge is 0.511 e. The molecular formula is C10H16BNO7. The average molecular weight is 273 g/mol. The number of carbonyl (C=O) groups excluding carboxylic acids is 1. The van der Waals surface area contributed by atoms with Crippen molar-refractivity contribution < 1.29 is 34.8 Å². The molecule has 8 nitrogen and oxygen atoms in total. The van der Waals surface area contributed by atoms with Gasteiger partial charge in [-0.1, -0.05) is 12.1 Å². The first-order valence-corrected chi connectivity index (χ1v) is 5.23. The van der Waals surface area contributed by atoms with Gasteiger partial charge in [0.25, 0.3) is 5.91 Å². The molecule has 0 aliphatic heterocycles.